The lowest BCUT2D eigenvalue weighted by molar-refractivity contribution is 0.100. The number of methoxy groups -OCH3 is 1. The SMILES string of the molecule is COc1ccc(C(C)Nc2cc(C(N)=O)ccc2N)cc1. The monoisotopic (exact) mass is 285 g/mol. The minimum Gasteiger partial charge on any atom is -0.497 e. The molecule has 2 aromatic rings. The van der Waals surface area contributed by atoms with E-state index in [1.165, 1.54) is 0 Å². The van der Waals surface area contributed by atoms with Crippen molar-refractivity contribution in [3.05, 3.63) is 53.6 Å². The highest BCUT2D eigenvalue weighted by atomic mass is 16.5. The molecule has 5 nitrogen and oxygen atoms in total. The summed E-state index contributed by atoms with van der Waals surface area (Å²) < 4.78 is 5.14. The van der Waals surface area contributed by atoms with Crippen LogP contribution in [0.4, 0.5) is 11.4 Å². The summed E-state index contributed by atoms with van der Waals surface area (Å²) in [5, 5.41) is 3.29. The van der Waals surface area contributed by atoms with Crippen molar-refractivity contribution >= 4 is 17.3 Å². The molecule has 0 aliphatic heterocycles. The van der Waals surface area contributed by atoms with Gasteiger partial charge in [-0.1, -0.05) is 12.1 Å². The number of primary amides is 1. The average Bonchev–Trinajstić information content (AvgIpc) is 2.49. The fourth-order valence-corrected chi connectivity index (χ4v) is 2.04. The van der Waals surface area contributed by atoms with Crippen molar-refractivity contribution in [3.63, 3.8) is 0 Å². The highest BCUT2D eigenvalue weighted by Gasteiger charge is 2.10. The Labute approximate surface area is 123 Å². The Kier molecular flexibility index (Phi) is 4.33. The van der Waals surface area contributed by atoms with Gasteiger partial charge in [0.2, 0.25) is 5.91 Å². The minimum atomic E-state index is -0.477. The van der Waals surface area contributed by atoms with Crippen LogP contribution in [0, 0.1) is 0 Å². The molecule has 0 saturated heterocycles. The van der Waals surface area contributed by atoms with Crippen LogP contribution in [0.1, 0.15) is 28.9 Å². The molecule has 0 saturated carbocycles. The molecule has 5 heteroatoms. The van der Waals surface area contributed by atoms with E-state index in [9.17, 15) is 4.79 Å². The number of nitrogen functional groups attached to an aromatic ring is 1. The molecule has 21 heavy (non-hydrogen) atoms. The van der Waals surface area contributed by atoms with Gasteiger partial charge in [0.25, 0.3) is 0 Å². The van der Waals surface area contributed by atoms with E-state index in [1.807, 2.05) is 31.2 Å². The standard InChI is InChI=1S/C16H19N3O2/c1-10(11-3-6-13(21-2)7-4-11)19-15-9-12(16(18)20)5-8-14(15)17/h3-10,19H,17H2,1-2H3,(H2,18,20). The molecule has 2 rings (SSSR count). The Hall–Kier alpha value is -2.69. The van der Waals surface area contributed by atoms with E-state index in [1.54, 1.807) is 25.3 Å². The number of hydrogen-bond acceptors (Lipinski definition) is 4. The Morgan fingerprint density at radius 3 is 2.43 bits per heavy atom. The number of benzene rings is 2. The lowest BCUT2D eigenvalue weighted by atomic mass is 10.1. The number of carbonyl (C=O) groups is 1. The number of hydrogen-bond donors (Lipinski definition) is 3. The molecule has 2 aromatic carbocycles. The van der Waals surface area contributed by atoms with Gasteiger partial charge < -0.3 is 21.5 Å². The van der Waals surface area contributed by atoms with E-state index in [2.05, 4.69) is 5.32 Å². The van der Waals surface area contributed by atoms with Crippen LogP contribution >= 0.6 is 0 Å². The largest absolute Gasteiger partial charge is 0.497 e. The number of ether oxygens (including phenoxy) is 1. The maximum atomic E-state index is 11.2. The summed E-state index contributed by atoms with van der Waals surface area (Å²) in [6, 6.07) is 12.7. The quantitative estimate of drug-likeness (QED) is 0.736. The molecule has 0 radical (unpaired) electrons. The summed E-state index contributed by atoms with van der Waals surface area (Å²) in [5.41, 5.74) is 14.0. The van der Waals surface area contributed by atoms with Gasteiger partial charge in [-0.3, -0.25) is 4.79 Å². The third-order valence-electron chi connectivity index (χ3n) is 3.33. The number of amides is 1. The Morgan fingerprint density at radius 2 is 1.86 bits per heavy atom. The van der Waals surface area contributed by atoms with Crippen molar-refractivity contribution in [1.29, 1.82) is 0 Å². The fraction of sp³-hybridized carbons (Fsp3) is 0.188. The molecule has 0 spiro atoms. The molecule has 110 valence electrons. The van der Waals surface area contributed by atoms with Crippen molar-refractivity contribution in [3.8, 4) is 5.75 Å². The average molecular weight is 285 g/mol. The van der Waals surface area contributed by atoms with E-state index < -0.39 is 5.91 Å². The molecule has 0 heterocycles. The first kappa shape index (κ1) is 14.7. The molecule has 1 amide bonds. The summed E-state index contributed by atoms with van der Waals surface area (Å²) in [7, 11) is 1.63. The summed E-state index contributed by atoms with van der Waals surface area (Å²) in [6.07, 6.45) is 0. The second-order valence-corrected chi connectivity index (χ2v) is 4.81. The van der Waals surface area contributed by atoms with Crippen LogP contribution in [0.25, 0.3) is 0 Å². The highest BCUT2D eigenvalue weighted by molar-refractivity contribution is 5.94. The molecule has 5 N–H and O–H groups in total. The van der Waals surface area contributed by atoms with Crippen molar-refractivity contribution < 1.29 is 9.53 Å². The van der Waals surface area contributed by atoms with E-state index in [-0.39, 0.29) is 6.04 Å². The topological polar surface area (TPSA) is 90.4 Å². The van der Waals surface area contributed by atoms with Crippen molar-refractivity contribution in [2.75, 3.05) is 18.2 Å². The molecular weight excluding hydrogens is 266 g/mol. The van der Waals surface area contributed by atoms with Gasteiger partial charge in [-0.2, -0.15) is 0 Å². The Morgan fingerprint density at radius 1 is 1.19 bits per heavy atom. The predicted molar refractivity (Wildman–Crippen MR) is 84.4 cm³/mol. The van der Waals surface area contributed by atoms with Gasteiger partial charge in [0, 0.05) is 11.6 Å². The molecule has 0 fully saturated rings. The van der Waals surface area contributed by atoms with Crippen LogP contribution in [-0.4, -0.2) is 13.0 Å². The zero-order chi connectivity index (χ0) is 15.4. The van der Waals surface area contributed by atoms with Gasteiger partial charge in [0.15, 0.2) is 0 Å². The van der Waals surface area contributed by atoms with E-state index in [0.717, 1.165) is 11.3 Å². The first-order chi connectivity index (χ1) is 10.0. The van der Waals surface area contributed by atoms with Crippen LogP contribution in [0.2, 0.25) is 0 Å². The zero-order valence-corrected chi connectivity index (χ0v) is 12.1. The number of nitrogens with one attached hydrogen (secondary N) is 1. The van der Waals surface area contributed by atoms with Crippen molar-refractivity contribution in [2.45, 2.75) is 13.0 Å². The maximum Gasteiger partial charge on any atom is 0.248 e. The Balaban J connectivity index is 2.19. The third-order valence-corrected chi connectivity index (χ3v) is 3.33. The highest BCUT2D eigenvalue weighted by Crippen LogP contribution is 2.26. The second kappa shape index (κ2) is 6.17. The molecule has 1 unspecified atom stereocenters. The molecule has 0 bridgehead atoms. The zero-order valence-electron chi connectivity index (χ0n) is 12.1. The van der Waals surface area contributed by atoms with E-state index in [0.29, 0.717) is 16.9 Å². The lowest BCUT2D eigenvalue weighted by Gasteiger charge is -2.18. The van der Waals surface area contributed by atoms with E-state index >= 15 is 0 Å². The number of rotatable bonds is 5. The van der Waals surface area contributed by atoms with Crippen LogP contribution in [-0.2, 0) is 0 Å². The van der Waals surface area contributed by atoms with Gasteiger partial charge in [-0.25, -0.2) is 0 Å². The first-order valence-electron chi connectivity index (χ1n) is 6.61. The summed E-state index contributed by atoms with van der Waals surface area (Å²) in [5.74, 6) is 0.330. The van der Waals surface area contributed by atoms with Crippen molar-refractivity contribution in [2.24, 2.45) is 5.73 Å². The fourth-order valence-electron chi connectivity index (χ4n) is 2.04. The lowest BCUT2D eigenvalue weighted by Crippen LogP contribution is -2.13. The van der Waals surface area contributed by atoms with Crippen LogP contribution in [0.3, 0.4) is 0 Å². The molecule has 1 atom stereocenters. The maximum absolute atomic E-state index is 11.2. The molecule has 0 aliphatic carbocycles. The Bertz CT molecular complexity index is 638. The third kappa shape index (κ3) is 3.45. The number of carbonyl (C=O) groups excluding carboxylic acids is 1. The normalized spacial score (nSPS) is 11.7. The van der Waals surface area contributed by atoms with Gasteiger partial charge >= 0.3 is 0 Å². The molecular formula is C16H19N3O2. The second-order valence-electron chi connectivity index (χ2n) is 4.81. The summed E-state index contributed by atoms with van der Waals surface area (Å²) >= 11 is 0. The summed E-state index contributed by atoms with van der Waals surface area (Å²) in [4.78, 5) is 11.2. The first-order valence-corrected chi connectivity index (χ1v) is 6.61. The number of anilines is 2. The van der Waals surface area contributed by atoms with Gasteiger partial charge in [-0.05, 0) is 42.8 Å². The van der Waals surface area contributed by atoms with Crippen LogP contribution in [0.5, 0.6) is 5.75 Å². The number of nitrogens with two attached hydrogens (primary N) is 2. The van der Waals surface area contributed by atoms with Gasteiger partial charge in [0.1, 0.15) is 5.75 Å². The minimum absolute atomic E-state index is 0.0290. The molecule has 0 aromatic heterocycles. The smallest absolute Gasteiger partial charge is 0.248 e. The van der Waals surface area contributed by atoms with Gasteiger partial charge in [-0.15, -0.1) is 0 Å². The summed E-state index contributed by atoms with van der Waals surface area (Å²) in [6.45, 7) is 2.01. The predicted octanol–water partition coefficient (Wildman–Crippen LogP) is 2.55. The van der Waals surface area contributed by atoms with Crippen LogP contribution < -0.4 is 21.5 Å². The van der Waals surface area contributed by atoms with Crippen molar-refractivity contribution in [1.82, 2.24) is 0 Å². The van der Waals surface area contributed by atoms with Crippen LogP contribution in [0.15, 0.2) is 42.5 Å². The van der Waals surface area contributed by atoms with Gasteiger partial charge in [0.05, 0.1) is 18.5 Å². The van der Waals surface area contributed by atoms with E-state index in [4.69, 9.17) is 16.2 Å². The molecule has 0 aliphatic rings.